The molecule has 0 unspecified atom stereocenters. The van der Waals surface area contributed by atoms with Gasteiger partial charge >= 0.3 is 0 Å². The van der Waals surface area contributed by atoms with Crippen LogP contribution in [-0.4, -0.2) is 44.0 Å². The number of hydrogen-bond donors (Lipinski definition) is 2. The van der Waals surface area contributed by atoms with Crippen LogP contribution in [-0.2, 0) is 9.84 Å². The predicted molar refractivity (Wildman–Crippen MR) is 62.8 cm³/mol. The van der Waals surface area contributed by atoms with Crippen LogP contribution >= 0.6 is 0 Å². The summed E-state index contributed by atoms with van der Waals surface area (Å²) in [6.07, 6.45) is 2.56. The van der Waals surface area contributed by atoms with E-state index in [0.29, 0.717) is 18.2 Å². The predicted octanol–water partition coefficient (Wildman–Crippen LogP) is -0.757. The Bertz CT molecular complexity index is 447. The largest absolute Gasteiger partial charge is 0.358 e. The van der Waals surface area contributed by atoms with Gasteiger partial charge in [-0.15, -0.1) is 0 Å². The van der Waals surface area contributed by atoms with Gasteiger partial charge in [0, 0.05) is 25.9 Å². The van der Waals surface area contributed by atoms with Gasteiger partial charge in [-0.3, -0.25) is 0 Å². The van der Waals surface area contributed by atoms with E-state index in [1.165, 1.54) is 12.6 Å². The van der Waals surface area contributed by atoms with E-state index < -0.39 is 9.84 Å². The van der Waals surface area contributed by atoms with E-state index in [1.54, 1.807) is 18.0 Å². The SMILES string of the molecule is CN(CCS(C)(=O)=O)c1cc(NN)ncn1. The van der Waals surface area contributed by atoms with E-state index in [0.717, 1.165) is 0 Å². The van der Waals surface area contributed by atoms with Crippen LogP contribution < -0.4 is 16.2 Å². The summed E-state index contributed by atoms with van der Waals surface area (Å²) in [5.74, 6) is 6.39. The molecule has 0 aliphatic rings. The molecule has 0 aromatic carbocycles. The fourth-order valence-electron chi connectivity index (χ4n) is 1.05. The van der Waals surface area contributed by atoms with Gasteiger partial charge in [-0.05, 0) is 0 Å². The van der Waals surface area contributed by atoms with Crippen LogP contribution in [0.3, 0.4) is 0 Å². The molecule has 8 heteroatoms. The minimum atomic E-state index is -2.97. The quantitative estimate of drug-likeness (QED) is 0.519. The summed E-state index contributed by atoms with van der Waals surface area (Å²) in [4.78, 5) is 9.60. The lowest BCUT2D eigenvalue weighted by Crippen LogP contribution is -2.26. The summed E-state index contributed by atoms with van der Waals surface area (Å²) >= 11 is 0. The van der Waals surface area contributed by atoms with Crippen molar-refractivity contribution in [1.29, 1.82) is 0 Å². The van der Waals surface area contributed by atoms with E-state index in [4.69, 9.17) is 5.84 Å². The molecule has 16 heavy (non-hydrogen) atoms. The summed E-state index contributed by atoms with van der Waals surface area (Å²) in [6, 6.07) is 1.64. The molecule has 0 spiro atoms. The Balaban J connectivity index is 2.69. The zero-order chi connectivity index (χ0) is 12.2. The van der Waals surface area contributed by atoms with Crippen LogP contribution in [0.4, 0.5) is 11.6 Å². The number of hydrogen-bond acceptors (Lipinski definition) is 7. The number of nitrogen functional groups attached to an aromatic ring is 1. The molecule has 0 aliphatic carbocycles. The second kappa shape index (κ2) is 5.08. The fraction of sp³-hybridized carbons (Fsp3) is 0.500. The van der Waals surface area contributed by atoms with Crippen LogP contribution in [0, 0.1) is 0 Å². The lowest BCUT2D eigenvalue weighted by molar-refractivity contribution is 0.601. The monoisotopic (exact) mass is 245 g/mol. The first-order valence-corrected chi connectivity index (χ1v) is 6.66. The maximum Gasteiger partial charge on any atom is 0.149 e. The lowest BCUT2D eigenvalue weighted by Gasteiger charge is -2.17. The highest BCUT2D eigenvalue weighted by Crippen LogP contribution is 2.11. The topological polar surface area (TPSA) is 101 Å². The molecule has 0 atom stereocenters. The van der Waals surface area contributed by atoms with Gasteiger partial charge in [-0.25, -0.2) is 24.2 Å². The first kappa shape index (κ1) is 12.7. The Morgan fingerprint density at radius 3 is 2.75 bits per heavy atom. The Hall–Kier alpha value is -1.41. The molecule has 0 fully saturated rings. The van der Waals surface area contributed by atoms with Gasteiger partial charge in [0.25, 0.3) is 0 Å². The number of sulfone groups is 1. The Morgan fingerprint density at radius 1 is 1.50 bits per heavy atom. The van der Waals surface area contributed by atoms with E-state index in [2.05, 4.69) is 15.4 Å². The molecule has 1 rings (SSSR count). The average molecular weight is 245 g/mol. The molecule has 90 valence electrons. The number of nitrogens with one attached hydrogen (secondary N) is 1. The van der Waals surface area contributed by atoms with Crippen molar-refractivity contribution in [3.05, 3.63) is 12.4 Å². The third-order valence-electron chi connectivity index (χ3n) is 1.99. The molecular weight excluding hydrogens is 230 g/mol. The first-order chi connectivity index (χ1) is 7.42. The first-order valence-electron chi connectivity index (χ1n) is 4.60. The average Bonchev–Trinajstić information content (AvgIpc) is 2.25. The Morgan fingerprint density at radius 2 is 2.19 bits per heavy atom. The number of anilines is 2. The van der Waals surface area contributed by atoms with E-state index in [9.17, 15) is 8.42 Å². The number of aromatic nitrogens is 2. The summed E-state index contributed by atoms with van der Waals surface area (Å²) in [6.45, 7) is 0.375. The zero-order valence-electron chi connectivity index (χ0n) is 9.21. The van der Waals surface area contributed by atoms with Gasteiger partial charge in [0.2, 0.25) is 0 Å². The third-order valence-corrected chi connectivity index (χ3v) is 2.91. The molecule has 0 bridgehead atoms. The molecule has 0 saturated carbocycles. The molecule has 0 aliphatic heterocycles. The summed E-state index contributed by atoms with van der Waals surface area (Å²) < 4.78 is 22.0. The Kier molecular flexibility index (Phi) is 4.02. The maximum absolute atomic E-state index is 11.0. The molecule has 0 radical (unpaired) electrons. The van der Waals surface area contributed by atoms with Crippen molar-refractivity contribution in [1.82, 2.24) is 9.97 Å². The van der Waals surface area contributed by atoms with Crippen LogP contribution in [0.15, 0.2) is 12.4 Å². The molecule has 1 heterocycles. The minimum Gasteiger partial charge on any atom is -0.358 e. The van der Waals surface area contributed by atoms with Crippen LogP contribution in [0.2, 0.25) is 0 Å². The van der Waals surface area contributed by atoms with Crippen molar-refractivity contribution in [2.24, 2.45) is 5.84 Å². The summed E-state index contributed by atoms with van der Waals surface area (Å²) in [5.41, 5.74) is 2.40. The van der Waals surface area contributed by atoms with Crippen molar-refractivity contribution in [3.63, 3.8) is 0 Å². The highest BCUT2D eigenvalue weighted by molar-refractivity contribution is 7.90. The highest BCUT2D eigenvalue weighted by Gasteiger charge is 2.08. The molecular formula is C8H15N5O2S. The summed E-state index contributed by atoms with van der Waals surface area (Å²) in [7, 11) is -1.21. The van der Waals surface area contributed by atoms with Gasteiger partial charge in [0.1, 0.15) is 27.8 Å². The number of nitrogens with two attached hydrogens (primary N) is 1. The molecule has 7 nitrogen and oxygen atoms in total. The second-order valence-electron chi connectivity index (χ2n) is 3.46. The van der Waals surface area contributed by atoms with E-state index in [-0.39, 0.29) is 5.75 Å². The highest BCUT2D eigenvalue weighted by atomic mass is 32.2. The minimum absolute atomic E-state index is 0.0822. The van der Waals surface area contributed by atoms with Gasteiger partial charge in [0.05, 0.1) is 5.75 Å². The van der Waals surface area contributed by atoms with Crippen molar-refractivity contribution in [3.8, 4) is 0 Å². The smallest absolute Gasteiger partial charge is 0.149 e. The molecule has 0 amide bonds. The fourth-order valence-corrected chi connectivity index (χ4v) is 1.66. The van der Waals surface area contributed by atoms with Gasteiger partial charge in [-0.1, -0.05) is 0 Å². The zero-order valence-corrected chi connectivity index (χ0v) is 10.0. The van der Waals surface area contributed by atoms with Crippen LogP contribution in [0.1, 0.15) is 0 Å². The van der Waals surface area contributed by atoms with Crippen LogP contribution in [0.5, 0.6) is 0 Å². The van der Waals surface area contributed by atoms with Gasteiger partial charge in [0.15, 0.2) is 0 Å². The lowest BCUT2D eigenvalue weighted by atomic mass is 10.5. The van der Waals surface area contributed by atoms with Gasteiger partial charge in [-0.2, -0.15) is 0 Å². The summed E-state index contributed by atoms with van der Waals surface area (Å²) in [5, 5.41) is 0. The van der Waals surface area contributed by atoms with Crippen molar-refractivity contribution < 1.29 is 8.42 Å². The maximum atomic E-state index is 11.0. The molecule has 1 aromatic heterocycles. The van der Waals surface area contributed by atoms with Crippen LogP contribution in [0.25, 0.3) is 0 Å². The van der Waals surface area contributed by atoms with Crippen molar-refractivity contribution >= 4 is 21.5 Å². The number of nitrogens with zero attached hydrogens (tertiary/aromatic N) is 3. The standard InChI is InChI=1S/C8H15N5O2S/c1-13(3-4-16(2,14)15)8-5-7(12-9)10-6-11-8/h5-6H,3-4,9H2,1-2H3,(H,10,11,12). The molecule has 3 N–H and O–H groups in total. The number of rotatable bonds is 5. The third kappa shape index (κ3) is 3.99. The van der Waals surface area contributed by atoms with Crippen molar-refractivity contribution in [2.45, 2.75) is 0 Å². The van der Waals surface area contributed by atoms with E-state index in [1.807, 2.05) is 0 Å². The molecule has 1 aromatic rings. The normalized spacial score (nSPS) is 11.2. The second-order valence-corrected chi connectivity index (χ2v) is 5.72. The Labute approximate surface area is 94.6 Å². The van der Waals surface area contributed by atoms with Crippen molar-refractivity contribution in [2.75, 3.05) is 35.9 Å². The van der Waals surface area contributed by atoms with E-state index >= 15 is 0 Å². The van der Waals surface area contributed by atoms with Gasteiger partial charge < -0.3 is 10.3 Å². The number of hydrazine groups is 1. The molecule has 0 saturated heterocycles.